The Balaban J connectivity index is 2.29. The van der Waals surface area contributed by atoms with Crippen LogP contribution in [0.1, 0.15) is 29.8 Å². The van der Waals surface area contributed by atoms with Gasteiger partial charge in [0.2, 0.25) is 0 Å². The van der Waals surface area contributed by atoms with Crippen LogP contribution in [-0.2, 0) is 6.42 Å². The maximum atomic E-state index is 10.9. The van der Waals surface area contributed by atoms with Crippen molar-refractivity contribution in [2.75, 3.05) is 7.11 Å². The van der Waals surface area contributed by atoms with Gasteiger partial charge in [0, 0.05) is 0 Å². The van der Waals surface area contributed by atoms with Crippen LogP contribution in [0.4, 0.5) is 0 Å². The van der Waals surface area contributed by atoms with Crippen molar-refractivity contribution < 1.29 is 9.53 Å². The van der Waals surface area contributed by atoms with Gasteiger partial charge in [0.25, 0.3) is 0 Å². The summed E-state index contributed by atoms with van der Waals surface area (Å²) in [6.07, 6.45) is 1.90. The third-order valence-corrected chi connectivity index (χ3v) is 3.29. The number of rotatable bonds is 5. The molecule has 0 aliphatic rings. The largest absolute Gasteiger partial charge is 0.496 e. The molecule has 104 valence electrons. The topological polar surface area (TPSA) is 26.3 Å². The second-order valence-corrected chi connectivity index (χ2v) is 5.37. The molecule has 2 aromatic carbocycles. The summed E-state index contributed by atoms with van der Waals surface area (Å²) in [5, 5.41) is 0. The molecule has 0 fully saturated rings. The standard InChI is InChI=1S/C18H20O2/c1-13(2)10-14-4-6-15(7-5-14)16-8-9-17(12-19)18(11-16)20-3/h4-9,11-13H,10H2,1-3H3. The van der Waals surface area contributed by atoms with Crippen molar-refractivity contribution in [1.29, 1.82) is 0 Å². The van der Waals surface area contributed by atoms with Crippen LogP contribution in [0.2, 0.25) is 0 Å². The molecule has 2 heteroatoms. The molecule has 0 saturated carbocycles. The van der Waals surface area contributed by atoms with Gasteiger partial charge in [-0.3, -0.25) is 4.79 Å². The summed E-state index contributed by atoms with van der Waals surface area (Å²) >= 11 is 0. The number of carbonyl (C=O) groups excluding carboxylic acids is 1. The van der Waals surface area contributed by atoms with Crippen molar-refractivity contribution >= 4 is 6.29 Å². The normalized spacial score (nSPS) is 10.6. The van der Waals surface area contributed by atoms with E-state index in [9.17, 15) is 4.79 Å². The molecule has 0 unspecified atom stereocenters. The zero-order valence-electron chi connectivity index (χ0n) is 12.2. The Morgan fingerprint density at radius 2 is 1.70 bits per heavy atom. The maximum absolute atomic E-state index is 10.9. The average Bonchev–Trinajstić information content (AvgIpc) is 2.46. The molecule has 0 saturated heterocycles. The number of aldehydes is 1. The highest BCUT2D eigenvalue weighted by Crippen LogP contribution is 2.27. The lowest BCUT2D eigenvalue weighted by molar-refractivity contribution is 0.112. The second-order valence-electron chi connectivity index (χ2n) is 5.37. The number of methoxy groups -OCH3 is 1. The van der Waals surface area contributed by atoms with E-state index in [1.165, 1.54) is 5.56 Å². The summed E-state index contributed by atoms with van der Waals surface area (Å²) in [4.78, 5) is 10.9. The molecular formula is C18H20O2. The lowest BCUT2D eigenvalue weighted by atomic mass is 9.98. The first kappa shape index (κ1) is 14.3. The minimum atomic E-state index is 0.577. The Labute approximate surface area is 120 Å². The zero-order valence-corrected chi connectivity index (χ0v) is 12.2. The third kappa shape index (κ3) is 3.27. The van der Waals surface area contributed by atoms with Crippen LogP contribution < -0.4 is 4.74 Å². The van der Waals surface area contributed by atoms with Crippen molar-refractivity contribution in [3.63, 3.8) is 0 Å². The second kappa shape index (κ2) is 6.38. The summed E-state index contributed by atoms with van der Waals surface area (Å²) in [5.74, 6) is 1.27. The van der Waals surface area contributed by atoms with Crippen LogP contribution in [0.5, 0.6) is 5.75 Å². The smallest absolute Gasteiger partial charge is 0.153 e. The van der Waals surface area contributed by atoms with E-state index >= 15 is 0 Å². The molecular weight excluding hydrogens is 248 g/mol. The van der Waals surface area contributed by atoms with E-state index < -0.39 is 0 Å². The van der Waals surface area contributed by atoms with Crippen molar-refractivity contribution in [2.45, 2.75) is 20.3 Å². The highest BCUT2D eigenvalue weighted by Gasteiger charge is 2.05. The molecule has 0 amide bonds. The van der Waals surface area contributed by atoms with Crippen molar-refractivity contribution in [1.82, 2.24) is 0 Å². The van der Waals surface area contributed by atoms with E-state index in [1.54, 1.807) is 13.2 Å². The number of ether oxygens (including phenoxy) is 1. The maximum Gasteiger partial charge on any atom is 0.153 e. The molecule has 0 bridgehead atoms. The minimum Gasteiger partial charge on any atom is -0.496 e. The van der Waals surface area contributed by atoms with E-state index in [0.717, 1.165) is 23.8 Å². The van der Waals surface area contributed by atoms with E-state index in [0.29, 0.717) is 17.2 Å². The number of hydrogen-bond donors (Lipinski definition) is 0. The predicted octanol–water partition coefficient (Wildman–Crippen LogP) is 4.37. The molecule has 0 atom stereocenters. The van der Waals surface area contributed by atoms with Gasteiger partial charge in [0.15, 0.2) is 6.29 Å². The van der Waals surface area contributed by atoms with Crippen molar-refractivity contribution in [2.24, 2.45) is 5.92 Å². The molecule has 2 nitrogen and oxygen atoms in total. The summed E-state index contributed by atoms with van der Waals surface area (Å²) in [5.41, 5.74) is 4.12. The van der Waals surface area contributed by atoms with Crippen molar-refractivity contribution in [3.05, 3.63) is 53.6 Å². The molecule has 0 aliphatic carbocycles. The molecule has 0 aliphatic heterocycles. The molecule has 2 rings (SSSR count). The SMILES string of the molecule is COc1cc(-c2ccc(CC(C)C)cc2)ccc1C=O. The first-order chi connectivity index (χ1) is 9.63. The Kier molecular flexibility index (Phi) is 4.57. The van der Waals surface area contributed by atoms with Crippen LogP contribution in [0, 0.1) is 5.92 Å². The van der Waals surface area contributed by atoms with Gasteiger partial charge in [0.05, 0.1) is 12.7 Å². The third-order valence-electron chi connectivity index (χ3n) is 3.29. The molecule has 0 aromatic heterocycles. The highest BCUT2D eigenvalue weighted by atomic mass is 16.5. The number of hydrogen-bond acceptors (Lipinski definition) is 2. The highest BCUT2D eigenvalue weighted by molar-refractivity contribution is 5.81. The van der Waals surface area contributed by atoms with Gasteiger partial charge in [-0.05, 0) is 41.2 Å². The summed E-state index contributed by atoms with van der Waals surface area (Å²) in [7, 11) is 1.58. The summed E-state index contributed by atoms with van der Waals surface area (Å²) in [6.45, 7) is 4.44. The summed E-state index contributed by atoms with van der Waals surface area (Å²) < 4.78 is 5.24. The molecule has 0 radical (unpaired) electrons. The fourth-order valence-corrected chi connectivity index (χ4v) is 2.29. The van der Waals surface area contributed by atoms with Gasteiger partial charge in [0.1, 0.15) is 5.75 Å². The molecule has 0 N–H and O–H groups in total. The molecule has 2 aromatic rings. The monoisotopic (exact) mass is 268 g/mol. The van der Waals surface area contributed by atoms with E-state index in [2.05, 4.69) is 38.1 Å². The Hall–Kier alpha value is -2.09. The predicted molar refractivity (Wildman–Crippen MR) is 82.4 cm³/mol. The van der Waals surface area contributed by atoms with Gasteiger partial charge in [-0.15, -0.1) is 0 Å². The first-order valence-electron chi connectivity index (χ1n) is 6.86. The fraction of sp³-hybridized carbons (Fsp3) is 0.278. The Morgan fingerprint density at radius 3 is 2.25 bits per heavy atom. The van der Waals surface area contributed by atoms with Gasteiger partial charge >= 0.3 is 0 Å². The number of benzene rings is 2. The van der Waals surface area contributed by atoms with Gasteiger partial charge in [-0.2, -0.15) is 0 Å². The van der Waals surface area contributed by atoms with Crippen LogP contribution in [0.25, 0.3) is 11.1 Å². The van der Waals surface area contributed by atoms with Gasteiger partial charge < -0.3 is 4.74 Å². The summed E-state index contributed by atoms with van der Waals surface area (Å²) in [6, 6.07) is 14.2. The quantitative estimate of drug-likeness (QED) is 0.752. The van der Waals surface area contributed by atoms with E-state index in [1.807, 2.05) is 12.1 Å². The number of carbonyl (C=O) groups is 1. The molecule has 0 spiro atoms. The fourth-order valence-electron chi connectivity index (χ4n) is 2.29. The zero-order chi connectivity index (χ0) is 14.5. The van der Waals surface area contributed by atoms with Gasteiger partial charge in [-0.25, -0.2) is 0 Å². The van der Waals surface area contributed by atoms with Crippen LogP contribution in [-0.4, -0.2) is 13.4 Å². The molecule has 0 heterocycles. The first-order valence-corrected chi connectivity index (χ1v) is 6.86. The van der Waals surface area contributed by atoms with Gasteiger partial charge in [-0.1, -0.05) is 44.2 Å². The molecule has 20 heavy (non-hydrogen) atoms. The Morgan fingerprint density at radius 1 is 1.05 bits per heavy atom. The van der Waals surface area contributed by atoms with Crippen LogP contribution in [0.15, 0.2) is 42.5 Å². The Bertz CT molecular complexity index is 583. The van der Waals surface area contributed by atoms with E-state index in [-0.39, 0.29) is 0 Å². The minimum absolute atomic E-state index is 0.577. The van der Waals surface area contributed by atoms with Crippen LogP contribution >= 0.6 is 0 Å². The average molecular weight is 268 g/mol. The van der Waals surface area contributed by atoms with Crippen molar-refractivity contribution in [3.8, 4) is 16.9 Å². The lowest BCUT2D eigenvalue weighted by Gasteiger charge is -2.09. The van der Waals surface area contributed by atoms with E-state index in [4.69, 9.17) is 4.74 Å². The van der Waals surface area contributed by atoms with Crippen LogP contribution in [0.3, 0.4) is 0 Å². The lowest BCUT2D eigenvalue weighted by Crippen LogP contribution is -1.94.